The predicted octanol–water partition coefficient (Wildman–Crippen LogP) is 2.80. The quantitative estimate of drug-likeness (QED) is 0.569. The van der Waals surface area contributed by atoms with Crippen LogP contribution < -0.4 is 16.0 Å². The number of fused-ring (bicyclic) bond motifs is 1. The van der Waals surface area contributed by atoms with Crippen LogP contribution in [0.5, 0.6) is 5.75 Å². The number of methoxy groups -OCH3 is 1. The summed E-state index contributed by atoms with van der Waals surface area (Å²) >= 11 is 0. The molecule has 3 aromatic rings. The molecule has 0 amide bonds. The maximum absolute atomic E-state index is 5.80. The van der Waals surface area contributed by atoms with E-state index in [1.807, 2.05) is 54.9 Å². The lowest BCUT2D eigenvalue weighted by Gasteiger charge is -2.19. The van der Waals surface area contributed by atoms with E-state index in [1.54, 1.807) is 7.11 Å². The molecule has 106 valence electrons. The Hall–Kier alpha value is -2.43. The highest BCUT2D eigenvalue weighted by atomic mass is 16.5. The highest BCUT2D eigenvalue weighted by Gasteiger charge is 2.16. The van der Waals surface area contributed by atoms with Crippen molar-refractivity contribution >= 4 is 10.8 Å². The molecule has 2 aromatic carbocycles. The zero-order valence-corrected chi connectivity index (χ0v) is 11.8. The number of rotatable bonds is 4. The first-order valence-electron chi connectivity index (χ1n) is 6.76. The molecule has 3 N–H and O–H groups in total. The summed E-state index contributed by atoms with van der Waals surface area (Å²) in [5, 5.41) is 2.23. The van der Waals surface area contributed by atoms with Crippen molar-refractivity contribution < 1.29 is 4.74 Å². The Kier molecular flexibility index (Phi) is 3.81. The Morgan fingerprint density at radius 2 is 1.95 bits per heavy atom. The van der Waals surface area contributed by atoms with Crippen LogP contribution in [0.2, 0.25) is 0 Å². The standard InChI is InChI=1S/C17H17N3O/c1-21-14-7-4-6-12(9-14)17(20-18)16-11-19-10-13-5-2-3-8-15(13)16/h2-11,17,20H,18H2,1H3. The smallest absolute Gasteiger partial charge is 0.119 e. The largest absolute Gasteiger partial charge is 0.497 e. The second kappa shape index (κ2) is 5.91. The van der Waals surface area contributed by atoms with Gasteiger partial charge < -0.3 is 4.74 Å². The molecule has 0 saturated heterocycles. The van der Waals surface area contributed by atoms with Crippen molar-refractivity contribution in [3.05, 3.63) is 72.1 Å². The minimum absolute atomic E-state index is 0.140. The molecule has 1 heterocycles. The monoisotopic (exact) mass is 279 g/mol. The van der Waals surface area contributed by atoms with E-state index in [2.05, 4.69) is 16.5 Å². The van der Waals surface area contributed by atoms with Crippen molar-refractivity contribution in [2.45, 2.75) is 6.04 Å². The first-order chi connectivity index (χ1) is 10.3. The Bertz CT molecular complexity index is 752. The van der Waals surface area contributed by atoms with Crippen molar-refractivity contribution in [3.8, 4) is 5.75 Å². The Morgan fingerprint density at radius 3 is 2.76 bits per heavy atom. The van der Waals surface area contributed by atoms with Crippen molar-refractivity contribution in [2.75, 3.05) is 7.11 Å². The molecular weight excluding hydrogens is 262 g/mol. The van der Waals surface area contributed by atoms with E-state index in [1.165, 1.54) is 0 Å². The van der Waals surface area contributed by atoms with E-state index in [0.717, 1.165) is 27.6 Å². The molecule has 4 nitrogen and oxygen atoms in total. The number of nitrogens with one attached hydrogen (secondary N) is 1. The van der Waals surface area contributed by atoms with Crippen LogP contribution in [0.25, 0.3) is 10.8 Å². The average Bonchev–Trinajstić information content (AvgIpc) is 2.56. The average molecular weight is 279 g/mol. The number of nitrogens with two attached hydrogens (primary N) is 1. The molecule has 0 saturated carbocycles. The maximum Gasteiger partial charge on any atom is 0.119 e. The minimum atomic E-state index is -0.140. The molecule has 0 aliphatic rings. The van der Waals surface area contributed by atoms with E-state index in [4.69, 9.17) is 10.6 Å². The lowest BCUT2D eigenvalue weighted by atomic mass is 9.96. The summed E-state index contributed by atoms with van der Waals surface area (Å²) in [7, 11) is 1.66. The molecule has 1 aromatic heterocycles. The number of ether oxygens (including phenoxy) is 1. The number of pyridine rings is 1. The molecule has 0 aliphatic carbocycles. The third-order valence-electron chi connectivity index (χ3n) is 3.60. The van der Waals surface area contributed by atoms with Crippen molar-refractivity contribution in [2.24, 2.45) is 5.84 Å². The Balaban J connectivity index is 2.13. The summed E-state index contributed by atoms with van der Waals surface area (Å²) in [5.41, 5.74) is 4.96. The summed E-state index contributed by atoms with van der Waals surface area (Å²) in [6.45, 7) is 0. The molecule has 0 aliphatic heterocycles. The van der Waals surface area contributed by atoms with Gasteiger partial charge >= 0.3 is 0 Å². The van der Waals surface area contributed by atoms with E-state index in [-0.39, 0.29) is 6.04 Å². The van der Waals surface area contributed by atoms with Gasteiger partial charge in [-0.15, -0.1) is 0 Å². The van der Waals surface area contributed by atoms with E-state index >= 15 is 0 Å². The molecule has 1 atom stereocenters. The van der Waals surface area contributed by atoms with Crippen LogP contribution in [-0.4, -0.2) is 12.1 Å². The number of aromatic nitrogens is 1. The Labute approximate surface area is 123 Å². The predicted molar refractivity (Wildman–Crippen MR) is 83.9 cm³/mol. The first kappa shape index (κ1) is 13.5. The fourth-order valence-electron chi connectivity index (χ4n) is 2.56. The normalized spacial score (nSPS) is 12.3. The van der Waals surface area contributed by atoms with Gasteiger partial charge in [-0.1, -0.05) is 36.4 Å². The van der Waals surface area contributed by atoms with Crippen LogP contribution in [0.3, 0.4) is 0 Å². The molecule has 3 rings (SSSR count). The highest BCUT2D eigenvalue weighted by Crippen LogP contribution is 2.29. The first-order valence-corrected chi connectivity index (χ1v) is 6.76. The summed E-state index contributed by atoms with van der Waals surface area (Å²) in [4.78, 5) is 4.32. The number of hydrogen-bond acceptors (Lipinski definition) is 4. The Morgan fingerprint density at radius 1 is 1.10 bits per heavy atom. The van der Waals surface area contributed by atoms with Gasteiger partial charge in [-0.05, 0) is 23.1 Å². The lowest BCUT2D eigenvalue weighted by Crippen LogP contribution is -2.29. The molecule has 0 fully saturated rings. The van der Waals surface area contributed by atoms with Crippen LogP contribution in [0, 0.1) is 0 Å². The fraction of sp³-hybridized carbons (Fsp3) is 0.118. The summed E-state index contributed by atoms with van der Waals surface area (Å²) in [5.74, 6) is 6.61. The third-order valence-corrected chi connectivity index (χ3v) is 3.60. The van der Waals surface area contributed by atoms with E-state index < -0.39 is 0 Å². The fourth-order valence-corrected chi connectivity index (χ4v) is 2.56. The van der Waals surface area contributed by atoms with Gasteiger partial charge in [0.15, 0.2) is 0 Å². The van der Waals surface area contributed by atoms with Gasteiger partial charge in [0.1, 0.15) is 5.75 Å². The SMILES string of the molecule is COc1cccc(C(NN)c2cncc3ccccc23)c1. The molecule has 4 heteroatoms. The van der Waals surface area contributed by atoms with Crippen molar-refractivity contribution in [1.82, 2.24) is 10.4 Å². The topological polar surface area (TPSA) is 60.2 Å². The van der Waals surface area contributed by atoms with Crippen LogP contribution in [0.1, 0.15) is 17.2 Å². The van der Waals surface area contributed by atoms with Gasteiger partial charge in [0, 0.05) is 23.3 Å². The van der Waals surface area contributed by atoms with Gasteiger partial charge in [-0.2, -0.15) is 0 Å². The molecule has 21 heavy (non-hydrogen) atoms. The van der Waals surface area contributed by atoms with Crippen molar-refractivity contribution in [1.29, 1.82) is 0 Å². The molecular formula is C17H17N3O. The molecule has 0 radical (unpaired) electrons. The zero-order valence-electron chi connectivity index (χ0n) is 11.8. The van der Waals surface area contributed by atoms with Crippen molar-refractivity contribution in [3.63, 3.8) is 0 Å². The second-order valence-corrected chi connectivity index (χ2v) is 4.83. The van der Waals surface area contributed by atoms with E-state index in [9.17, 15) is 0 Å². The zero-order chi connectivity index (χ0) is 14.7. The van der Waals surface area contributed by atoms with Gasteiger partial charge in [0.2, 0.25) is 0 Å². The lowest BCUT2D eigenvalue weighted by molar-refractivity contribution is 0.413. The van der Waals surface area contributed by atoms with Crippen LogP contribution in [0.15, 0.2) is 60.9 Å². The second-order valence-electron chi connectivity index (χ2n) is 4.83. The number of hydrazine groups is 1. The van der Waals surface area contributed by atoms with Crippen LogP contribution in [-0.2, 0) is 0 Å². The number of nitrogens with zero attached hydrogens (tertiary/aromatic N) is 1. The van der Waals surface area contributed by atoms with Gasteiger partial charge in [0.25, 0.3) is 0 Å². The van der Waals surface area contributed by atoms with Gasteiger partial charge in [0.05, 0.1) is 13.2 Å². The summed E-state index contributed by atoms with van der Waals surface area (Å²) in [6, 6.07) is 15.9. The van der Waals surface area contributed by atoms with E-state index in [0.29, 0.717) is 0 Å². The number of hydrogen-bond donors (Lipinski definition) is 2. The van der Waals surface area contributed by atoms with Gasteiger partial charge in [-0.3, -0.25) is 10.8 Å². The highest BCUT2D eigenvalue weighted by molar-refractivity contribution is 5.85. The molecule has 0 bridgehead atoms. The maximum atomic E-state index is 5.80. The van der Waals surface area contributed by atoms with Crippen LogP contribution >= 0.6 is 0 Å². The molecule has 1 unspecified atom stereocenters. The van der Waals surface area contributed by atoms with Crippen LogP contribution in [0.4, 0.5) is 0 Å². The molecule has 0 spiro atoms. The minimum Gasteiger partial charge on any atom is -0.497 e. The number of benzene rings is 2. The summed E-state index contributed by atoms with van der Waals surface area (Å²) < 4.78 is 5.29. The third kappa shape index (κ3) is 2.59. The summed E-state index contributed by atoms with van der Waals surface area (Å²) in [6.07, 6.45) is 3.71. The van der Waals surface area contributed by atoms with Gasteiger partial charge in [-0.25, -0.2) is 5.43 Å².